The van der Waals surface area contributed by atoms with E-state index in [1.165, 1.54) is 5.56 Å². The first-order chi connectivity index (χ1) is 11.5. The molecule has 0 fully saturated rings. The maximum atomic E-state index is 9.30. The Hall–Kier alpha value is -3.00. The summed E-state index contributed by atoms with van der Waals surface area (Å²) in [5, 5.41) is 17.4. The summed E-state index contributed by atoms with van der Waals surface area (Å²) < 4.78 is 1.75. The Morgan fingerprint density at radius 3 is 2.46 bits per heavy atom. The summed E-state index contributed by atoms with van der Waals surface area (Å²) >= 11 is 0. The van der Waals surface area contributed by atoms with E-state index in [1.54, 1.807) is 17.1 Å². The average Bonchev–Trinajstić information content (AvgIpc) is 2.98. The van der Waals surface area contributed by atoms with Crippen molar-refractivity contribution in [2.24, 2.45) is 0 Å². The van der Waals surface area contributed by atoms with Gasteiger partial charge in [0.2, 0.25) is 0 Å². The minimum atomic E-state index is 0.126. The Labute approximate surface area is 141 Å². The number of hydrogen-bond donors (Lipinski definition) is 0. The van der Waals surface area contributed by atoms with Crippen molar-refractivity contribution in [2.45, 2.75) is 32.7 Å². The van der Waals surface area contributed by atoms with Gasteiger partial charge in [-0.2, -0.15) is 5.26 Å². The monoisotopic (exact) mass is 317 g/mol. The SMILES string of the molecule is CC(C)(C)c1ccc(Cn2nnc(C#N)c2-c2cccnc2)cc1. The lowest BCUT2D eigenvalue weighted by Crippen LogP contribution is -2.11. The van der Waals surface area contributed by atoms with Gasteiger partial charge in [0, 0.05) is 18.0 Å². The van der Waals surface area contributed by atoms with Gasteiger partial charge in [0.25, 0.3) is 0 Å². The van der Waals surface area contributed by atoms with Crippen LogP contribution in [0, 0.1) is 11.3 Å². The predicted octanol–water partition coefficient (Wildman–Crippen LogP) is 3.56. The van der Waals surface area contributed by atoms with Gasteiger partial charge in [0.05, 0.1) is 6.54 Å². The first-order valence-corrected chi connectivity index (χ1v) is 7.82. The molecule has 0 radical (unpaired) electrons. The van der Waals surface area contributed by atoms with Crippen molar-refractivity contribution in [2.75, 3.05) is 0 Å². The fourth-order valence-corrected chi connectivity index (χ4v) is 2.57. The van der Waals surface area contributed by atoms with Crippen molar-refractivity contribution in [3.63, 3.8) is 0 Å². The zero-order valence-electron chi connectivity index (χ0n) is 14.1. The number of aromatic nitrogens is 4. The molecule has 0 unspecified atom stereocenters. The molecule has 3 rings (SSSR count). The molecular formula is C19H19N5. The van der Waals surface area contributed by atoms with Crippen LogP contribution in [0.1, 0.15) is 37.6 Å². The van der Waals surface area contributed by atoms with E-state index < -0.39 is 0 Å². The molecule has 0 bridgehead atoms. The Balaban J connectivity index is 1.94. The molecule has 24 heavy (non-hydrogen) atoms. The van der Waals surface area contributed by atoms with E-state index in [4.69, 9.17) is 0 Å². The molecule has 0 saturated heterocycles. The Morgan fingerprint density at radius 2 is 1.88 bits per heavy atom. The molecular weight excluding hydrogens is 298 g/mol. The summed E-state index contributed by atoms with van der Waals surface area (Å²) in [5.74, 6) is 0. The highest BCUT2D eigenvalue weighted by atomic mass is 15.4. The second-order valence-electron chi connectivity index (χ2n) is 6.74. The van der Waals surface area contributed by atoms with Gasteiger partial charge in [0.15, 0.2) is 5.69 Å². The van der Waals surface area contributed by atoms with Gasteiger partial charge in [-0.15, -0.1) is 5.10 Å². The lowest BCUT2D eigenvalue weighted by molar-refractivity contribution is 0.589. The largest absolute Gasteiger partial charge is 0.264 e. The van der Waals surface area contributed by atoms with Crippen molar-refractivity contribution in [1.29, 1.82) is 5.26 Å². The van der Waals surface area contributed by atoms with Gasteiger partial charge in [0.1, 0.15) is 11.8 Å². The predicted molar refractivity (Wildman–Crippen MR) is 92.2 cm³/mol. The van der Waals surface area contributed by atoms with Crippen LogP contribution in [0.2, 0.25) is 0 Å². The van der Waals surface area contributed by atoms with Crippen LogP contribution >= 0.6 is 0 Å². The molecule has 3 aromatic rings. The molecule has 2 heterocycles. The highest BCUT2D eigenvalue weighted by molar-refractivity contribution is 5.63. The fourth-order valence-electron chi connectivity index (χ4n) is 2.57. The molecule has 5 nitrogen and oxygen atoms in total. The molecule has 0 spiro atoms. The summed E-state index contributed by atoms with van der Waals surface area (Å²) in [4.78, 5) is 4.12. The number of benzene rings is 1. The smallest absolute Gasteiger partial charge is 0.190 e. The van der Waals surface area contributed by atoms with Crippen LogP contribution < -0.4 is 0 Å². The normalized spacial score (nSPS) is 11.2. The minimum Gasteiger partial charge on any atom is -0.264 e. The quantitative estimate of drug-likeness (QED) is 0.741. The third kappa shape index (κ3) is 3.18. The Morgan fingerprint density at radius 1 is 1.12 bits per heavy atom. The first kappa shape index (κ1) is 15.9. The highest BCUT2D eigenvalue weighted by Crippen LogP contribution is 2.24. The van der Waals surface area contributed by atoms with Crippen LogP contribution in [-0.4, -0.2) is 20.0 Å². The minimum absolute atomic E-state index is 0.126. The van der Waals surface area contributed by atoms with Crippen molar-refractivity contribution in [3.8, 4) is 17.3 Å². The van der Waals surface area contributed by atoms with E-state index in [9.17, 15) is 5.26 Å². The van der Waals surface area contributed by atoms with Crippen LogP contribution in [0.4, 0.5) is 0 Å². The van der Waals surface area contributed by atoms with Crippen LogP contribution in [0.25, 0.3) is 11.3 Å². The molecule has 120 valence electrons. The summed E-state index contributed by atoms with van der Waals surface area (Å²) in [6.45, 7) is 7.14. The summed E-state index contributed by atoms with van der Waals surface area (Å²) in [5.41, 5.74) is 4.38. The lowest BCUT2D eigenvalue weighted by atomic mass is 9.87. The molecule has 1 aromatic carbocycles. The van der Waals surface area contributed by atoms with Crippen LogP contribution in [-0.2, 0) is 12.0 Å². The standard InChI is InChI=1S/C19H19N5/c1-19(2,3)16-8-6-14(7-9-16)13-24-18(17(11-20)22-23-24)15-5-4-10-21-12-15/h4-10,12H,13H2,1-3H3. The maximum Gasteiger partial charge on any atom is 0.190 e. The van der Waals surface area contributed by atoms with Crippen LogP contribution in [0.15, 0.2) is 48.8 Å². The first-order valence-electron chi connectivity index (χ1n) is 7.82. The third-order valence-corrected chi connectivity index (χ3v) is 3.93. The van der Waals surface area contributed by atoms with E-state index in [-0.39, 0.29) is 5.41 Å². The van der Waals surface area contributed by atoms with E-state index in [0.717, 1.165) is 11.1 Å². The van der Waals surface area contributed by atoms with Crippen molar-refractivity contribution < 1.29 is 0 Å². The van der Waals surface area contributed by atoms with Gasteiger partial charge < -0.3 is 0 Å². The average molecular weight is 317 g/mol. The van der Waals surface area contributed by atoms with Gasteiger partial charge in [-0.3, -0.25) is 4.98 Å². The molecule has 0 atom stereocenters. The maximum absolute atomic E-state index is 9.30. The summed E-state index contributed by atoms with van der Waals surface area (Å²) in [6, 6.07) is 14.3. The summed E-state index contributed by atoms with van der Waals surface area (Å²) in [6.07, 6.45) is 3.42. The highest BCUT2D eigenvalue weighted by Gasteiger charge is 2.16. The Kier molecular flexibility index (Phi) is 4.13. The Bertz CT molecular complexity index is 865. The van der Waals surface area contributed by atoms with Crippen molar-refractivity contribution in [1.82, 2.24) is 20.0 Å². The summed E-state index contributed by atoms with van der Waals surface area (Å²) in [7, 11) is 0. The number of nitrogens with zero attached hydrogens (tertiary/aromatic N) is 5. The third-order valence-electron chi connectivity index (χ3n) is 3.93. The van der Waals surface area contributed by atoms with E-state index in [2.05, 4.69) is 66.4 Å². The van der Waals surface area contributed by atoms with Gasteiger partial charge in [-0.25, -0.2) is 4.68 Å². The van der Waals surface area contributed by atoms with E-state index in [0.29, 0.717) is 17.9 Å². The van der Waals surface area contributed by atoms with Crippen LogP contribution in [0.5, 0.6) is 0 Å². The zero-order chi connectivity index (χ0) is 17.2. The number of rotatable bonds is 3. The molecule has 2 aromatic heterocycles. The number of pyridine rings is 1. The van der Waals surface area contributed by atoms with Crippen LogP contribution in [0.3, 0.4) is 0 Å². The van der Waals surface area contributed by atoms with Crippen molar-refractivity contribution in [3.05, 3.63) is 65.6 Å². The van der Waals surface area contributed by atoms with Crippen molar-refractivity contribution >= 4 is 0 Å². The lowest BCUT2D eigenvalue weighted by Gasteiger charge is -2.19. The number of nitriles is 1. The molecule has 0 amide bonds. The molecule has 0 aliphatic rings. The molecule has 0 aliphatic heterocycles. The van der Waals surface area contributed by atoms with E-state index >= 15 is 0 Å². The van der Waals surface area contributed by atoms with Gasteiger partial charge >= 0.3 is 0 Å². The fraction of sp³-hybridized carbons (Fsp3) is 0.263. The van der Waals surface area contributed by atoms with E-state index in [1.807, 2.05) is 12.1 Å². The molecule has 0 N–H and O–H groups in total. The molecule has 5 heteroatoms. The topological polar surface area (TPSA) is 67.4 Å². The molecule has 0 saturated carbocycles. The van der Waals surface area contributed by atoms with Gasteiger partial charge in [-0.05, 0) is 28.7 Å². The van der Waals surface area contributed by atoms with Gasteiger partial charge in [-0.1, -0.05) is 50.3 Å². The molecule has 0 aliphatic carbocycles. The second-order valence-corrected chi connectivity index (χ2v) is 6.74. The number of hydrogen-bond acceptors (Lipinski definition) is 4. The second kappa shape index (κ2) is 6.25. The zero-order valence-corrected chi connectivity index (χ0v) is 14.1.